The van der Waals surface area contributed by atoms with Gasteiger partial charge in [-0.15, -0.1) is 0 Å². The average molecular weight is 114 g/mol. The highest BCUT2D eigenvalue weighted by atomic mass is 16.6. The summed E-state index contributed by atoms with van der Waals surface area (Å²) in [6.07, 6.45) is 1.01. The smallest absolute Gasteiger partial charge is 0.414 e. The van der Waals surface area contributed by atoms with E-state index < -0.39 is 0 Å². The van der Waals surface area contributed by atoms with Crippen LogP contribution in [-0.4, -0.2) is 19.9 Å². The van der Waals surface area contributed by atoms with Gasteiger partial charge in [0.25, 0.3) is 0 Å². The molecular weight excluding hydrogens is 103 g/mol. The van der Waals surface area contributed by atoms with Gasteiger partial charge in [0, 0.05) is 6.61 Å². The molecule has 0 atom stereocenters. The lowest BCUT2D eigenvalue weighted by Gasteiger charge is -2.29. The predicted molar refractivity (Wildman–Crippen MR) is 32.9 cm³/mol. The van der Waals surface area contributed by atoms with Crippen molar-refractivity contribution in [2.24, 2.45) is 0 Å². The molecule has 46 valence electrons. The summed E-state index contributed by atoms with van der Waals surface area (Å²) in [7, 11) is 0.465. The molecule has 8 heavy (non-hydrogen) atoms. The van der Waals surface area contributed by atoms with E-state index in [0.717, 1.165) is 13.0 Å². The highest BCUT2D eigenvalue weighted by Crippen LogP contribution is 2.16. The SMILES string of the molecule is CC1(C)CCOBO1. The largest absolute Gasteiger partial charge is 0.438 e. The van der Waals surface area contributed by atoms with Crippen molar-refractivity contribution >= 4 is 7.69 Å². The molecule has 1 rings (SSSR count). The molecule has 0 aromatic heterocycles. The van der Waals surface area contributed by atoms with Crippen LogP contribution in [0.4, 0.5) is 0 Å². The van der Waals surface area contributed by atoms with E-state index in [-0.39, 0.29) is 5.60 Å². The summed E-state index contributed by atoms with van der Waals surface area (Å²) >= 11 is 0. The van der Waals surface area contributed by atoms with Crippen molar-refractivity contribution in [1.29, 1.82) is 0 Å². The van der Waals surface area contributed by atoms with Crippen LogP contribution < -0.4 is 0 Å². The first-order valence-corrected chi connectivity index (χ1v) is 2.92. The normalized spacial score (nSPS) is 26.8. The Bertz CT molecular complexity index is 74.5. The Kier molecular flexibility index (Phi) is 1.58. The third-order valence-corrected chi connectivity index (χ3v) is 1.38. The summed E-state index contributed by atoms with van der Waals surface area (Å²) in [5, 5.41) is 0. The Labute approximate surface area is 50.5 Å². The lowest BCUT2D eigenvalue weighted by Crippen LogP contribution is -2.34. The topological polar surface area (TPSA) is 18.5 Å². The zero-order valence-corrected chi connectivity index (χ0v) is 5.44. The van der Waals surface area contributed by atoms with Crippen LogP contribution in [0.3, 0.4) is 0 Å². The molecule has 1 saturated heterocycles. The summed E-state index contributed by atoms with van der Waals surface area (Å²) in [6, 6.07) is 0. The van der Waals surface area contributed by atoms with E-state index >= 15 is 0 Å². The first-order chi connectivity index (χ1) is 3.71. The molecule has 0 bridgehead atoms. The fraction of sp³-hybridized carbons (Fsp3) is 1.00. The van der Waals surface area contributed by atoms with Crippen LogP contribution in [0.5, 0.6) is 0 Å². The van der Waals surface area contributed by atoms with Crippen LogP contribution >= 0.6 is 0 Å². The third-order valence-electron chi connectivity index (χ3n) is 1.38. The standard InChI is InChI=1S/C5H11BO2/c1-5(2)3-4-7-6-8-5/h6H,3-4H2,1-2H3. The van der Waals surface area contributed by atoms with Gasteiger partial charge in [-0.3, -0.25) is 0 Å². The van der Waals surface area contributed by atoms with Gasteiger partial charge in [-0.25, -0.2) is 0 Å². The summed E-state index contributed by atoms with van der Waals surface area (Å²) in [5.74, 6) is 0. The maximum atomic E-state index is 5.24. The van der Waals surface area contributed by atoms with Gasteiger partial charge in [-0.1, -0.05) is 0 Å². The van der Waals surface area contributed by atoms with Gasteiger partial charge in [0.1, 0.15) is 0 Å². The van der Waals surface area contributed by atoms with Gasteiger partial charge in [0.05, 0.1) is 5.60 Å². The van der Waals surface area contributed by atoms with Crippen molar-refractivity contribution in [1.82, 2.24) is 0 Å². The molecule has 0 saturated carbocycles. The quantitative estimate of drug-likeness (QED) is 0.426. The summed E-state index contributed by atoms with van der Waals surface area (Å²) in [6.45, 7) is 5.00. The molecule has 0 radical (unpaired) electrons. The fourth-order valence-electron chi connectivity index (χ4n) is 0.650. The van der Waals surface area contributed by atoms with Crippen LogP contribution in [0, 0.1) is 0 Å². The van der Waals surface area contributed by atoms with Crippen LogP contribution in [0.25, 0.3) is 0 Å². The number of rotatable bonds is 0. The highest BCUT2D eigenvalue weighted by molar-refractivity contribution is 6.18. The van der Waals surface area contributed by atoms with Gasteiger partial charge >= 0.3 is 7.69 Å². The molecule has 2 nitrogen and oxygen atoms in total. The molecule has 3 heteroatoms. The summed E-state index contributed by atoms with van der Waals surface area (Å²) in [4.78, 5) is 0. The molecule has 0 aromatic rings. The lowest BCUT2D eigenvalue weighted by molar-refractivity contribution is 0.0198. The van der Waals surface area contributed by atoms with E-state index in [9.17, 15) is 0 Å². The van der Waals surface area contributed by atoms with Crippen molar-refractivity contribution in [3.8, 4) is 0 Å². The molecule has 1 aliphatic rings. The first kappa shape index (κ1) is 6.11. The van der Waals surface area contributed by atoms with E-state index in [1.807, 2.05) is 0 Å². The predicted octanol–water partition coefficient (Wildman–Crippen LogP) is 0.468. The van der Waals surface area contributed by atoms with Crippen LogP contribution in [0.1, 0.15) is 20.3 Å². The third kappa shape index (κ3) is 1.49. The van der Waals surface area contributed by atoms with Crippen molar-refractivity contribution in [2.45, 2.75) is 25.9 Å². The van der Waals surface area contributed by atoms with Crippen molar-refractivity contribution < 1.29 is 9.31 Å². The maximum Gasteiger partial charge on any atom is 0.438 e. The second-order valence-corrected chi connectivity index (χ2v) is 2.68. The second-order valence-electron chi connectivity index (χ2n) is 2.68. The number of hydrogen-bond donors (Lipinski definition) is 0. The molecule has 0 aliphatic carbocycles. The second kappa shape index (κ2) is 2.07. The van der Waals surface area contributed by atoms with Gasteiger partial charge in [0.2, 0.25) is 0 Å². The van der Waals surface area contributed by atoms with Crippen molar-refractivity contribution in [3.05, 3.63) is 0 Å². The van der Waals surface area contributed by atoms with Crippen LogP contribution in [0.2, 0.25) is 0 Å². The Morgan fingerprint density at radius 1 is 1.50 bits per heavy atom. The molecule has 1 aliphatic heterocycles. The van der Waals surface area contributed by atoms with E-state index in [1.54, 1.807) is 0 Å². The highest BCUT2D eigenvalue weighted by Gasteiger charge is 2.22. The zero-order chi connectivity index (χ0) is 6.04. The monoisotopic (exact) mass is 114 g/mol. The average Bonchev–Trinajstić information content (AvgIpc) is 1.65. The maximum absolute atomic E-state index is 5.24. The van der Waals surface area contributed by atoms with Crippen LogP contribution in [0.15, 0.2) is 0 Å². The molecule has 0 aromatic carbocycles. The molecule has 0 unspecified atom stereocenters. The summed E-state index contributed by atoms with van der Waals surface area (Å²) in [5.41, 5.74) is 0.0538. The minimum atomic E-state index is 0.0538. The van der Waals surface area contributed by atoms with Gasteiger partial charge in [-0.05, 0) is 20.3 Å². The van der Waals surface area contributed by atoms with Crippen molar-refractivity contribution in [3.63, 3.8) is 0 Å². The van der Waals surface area contributed by atoms with Crippen molar-refractivity contribution in [2.75, 3.05) is 6.61 Å². The fourth-order valence-corrected chi connectivity index (χ4v) is 0.650. The lowest BCUT2D eigenvalue weighted by atomic mass is 10.0. The molecular formula is C5H11BO2. The summed E-state index contributed by atoms with van der Waals surface area (Å²) < 4.78 is 10.2. The molecule has 0 spiro atoms. The molecule has 0 amide bonds. The van der Waals surface area contributed by atoms with Crippen LogP contribution in [-0.2, 0) is 9.31 Å². The van der Waals surface area contributed by atoms with Gasteiger partial charge in [-0.2, -0.15) is 0 Å². The number of hydrogen-bond acceptors (Lipinski definition) is 2. The first-order valence-electron chi connectivity index (χ1n) is 2.92. The van der Waals surface area contributed by atoms with E-state index in [2.05, 4.69) is 13.8 Å². The minimum Gasteiger partial charge on any atom is -0.414 e. The van der Waals surface area contributed by atoms with E-state index in [4.69, 9.17) is 9.31 Å². The molecule has 0 N–H and O–H groups in total. The Morgan fingerprint density at radius 3 is 2.50 bits per heavy atom. The Hall–Kier alpha value is -0.0151. The Balaban J connectivity index is 2.33. The zero-order valence-electron chi connectivity index (χ0n) is 5.44. The van der Waals surface area contributed by atoms with Gasteiger partial charge in [0.15, 0.2) is 0 Å². The molecule has 1 fully saturated rings. The van der Waals surface area contributed by atoms with Gasteiger partial charge < -0.3 is 9.31 Å². The van der Waals surface area contributed by atoms with E-state index in [0.29, 0.717) is 7.69 Å². The van der Waals surface area contributed by atoms with E-state index in [1.165, 1.54) is 0 Å². The minimum absolute atomic E-state index is 0.0538. The Morgan fingerprint density at radius 2 is 2.25 bits per heavy atom. The molecule has 1 heterocycles.